The zero-order valence-electron chi connectivity index (χ0n) is 52.1. The maximum Gasteiger partial charge on any atom is 0.0636 e. The van der Waals surface area contributed by atoms with Crippen molar-refractivity contribution < 1.29 is 39.8 Å². The van der Waals surface area contributed by atoms with Crippen LogP contribution in [0.2, 0.25) is 0 Å². The van der Waals surface area contributed by atoms with Crippen molar-refractivity contribution in [3.8, 4) is 44.5 Å². The maximum atomic E-state index is 9.58. The van der Waals surface area contributed by atoms with E-state index >= 15 is 0 Å². The Morgan fingerprint density at radius 1 is 0.283 bits per heavy atom. The third-order valence-electron chi connectivity index (χ3n) is 7.39. The second-order valence-electron chi connectivity index (χ2n) is 9.83. The molecule has 0 saturated heterocycles. The zero-order valence-corrected chi connectivity index (χ0v) is 23.1. The Bertz CT molecular complexity index is 4110. The molecule has 0 heteroatoms. The van der Waals surface area contributed by atoms with Crippen LogP contribution in [0, 0.1) is 0 Å². The minimum atomic E-state index is -1.10. The highest BCUT2D eigenvalue weighted by Gasteiger charge is 2.20. The third-order valence-corrected chi connectivity index (χ3v) is 7.39. The standard InChI is InChI=1S/C46H30/c1-2-15-32(16-3-1)35-18-6-7-19-39(35)45-41-20-8-10-22-43(41)46(44-23-11-9-21-42(44)45)40-27-13-25-37-36(24-12-26-38(37)40)34-29-28-31-14-4-5-17-33(31)30-34/h1-30H/i1D,2D,3D,4D,5D,6D,7D,8D,9D,10D,11D,12D,13D,14D,15D,16D,17D,19D,20D,21D,22D,23D,24D,25D,26D,27D,28D,29D,30D. The molecule has 0 aliphatic rings. The number of rotatable bonds is 4. The average Bonchev–Trinajstić information content (AvgIpc) is 3.38. The van der Waals surface area contributed by atoms with E-state index in [0.717, 1.165) is 6.07 Å². The van der Waals surface area contributed by atoms with Gasteiger partial charge in [-0.05, 0) is 93.6 Å². The van der Waals surface area contributed by atoms with Crippen molar-refractivity contribution in [2.24, 2.45) is 0 Å². The van der Waals surface area contributed by atoms with Gasteiger partial charge >= 0.3 is 0 Å². The van der Waals surface area contributed by atoms with Gasteiger partial charge in [-0.2, -0.15) is 0 Å². The quantitative estimate of drug-likeness (QED) is 0.174. The van der Waals surface area contributed by atoms with Crippen LogP contribution in [-0.2, 0) is 0 Å². The van der Waals surface area contributed by atoms with E-state index in [1.165, 1.54) is 0 Å². The topological polar surface area (TPSA) is 0 Å². The van der Waals surface area contributed by atoms with Gasteiger partial charge < -0.3 is 0 Å². The molecule has 0 unspecified atom stereocenters. The van der Waals surface area contributed by atoms with Gasteiger partial charge in [-0.1, -0.05) is 175 Å². The Morgan fingerprint density at radius 2 is 0.783 bits per heavy atom. The Morgan fingerprint density at radius 3 is 1.48 bits per heavy atom. The molecule has 0 spiro atoms. The van der Waals surface area contributed by atoms with Crippen LogP contribution in [0.4, 0.5) is 0 Å². The lowest BCUT2D eigenvalue weighted by atomic mass is 9.82. The van der Waals surface area contributed by atoms with Gasteiger partial charge in [-0.3, -0.25) is 0 Å². The van der Waals surface area contributed by atoms with E-state index in [1.54, 1.807) is 0 Å². The molecule has 0 fully saturated rings. The van der Waals surface area contributed by atoms with Gasteiger partial charge in [0.05, 0.1) is 39.8 Å². The summed E-state index contributed by atoms with van der Waals surface area (Å²) in [5, 5.41) is -5.95. The fourth-order valence-corrected chi connectivity index (χ4v) is 5.47. The Hall–Kier alpha value is -5.98. The first-order valence-electron chi connectivity index (χ1n) is 28.1. The van der Waals surface area contributed by atoms with Crippen molar-refractivity contribution in [2.45, 2.75) is 0 Å². The van der Waals surface area contributed by atoms with Crippen LogP contribution in [0.5, 0.6) is 0 Å². The molecule has 9 aromatic rings. The molecule has 0 bridgehead atoms. The smallest absolute Gasteiger partial charge is 0.0622 e. The summed E-state index contributed by atoms with van der Waals surface area (Å²) >= 11 is 0. The molecular formula is C46H30. The van der Waals surface area contributed by atoms with Gasteiger partial charge in [0.15, 0.2) is 0 Å². The van der Waals surface area contributed by atoms with E-state index < -0.39 is 263 Å². The molecule has 0 heterocycles. The van der Waals surface area contributed by atoms with Crippen molar-refractivity contribution in [3.63, 3.8) is 0 Å². The van der Waals surface area contributed by atoms with E-state index in [0.29, 0.717) is 0 Å². The lowest BCUT2D eigenvalue weighted by molar-refractivity contribution is 1.61. The van der Waals surface area contributed by atoms with E-state index in [9.17, 15) is 15.1 Å². The number of benzene rings is 9. The van der Waals surface area contributed by atoms with Crippen LogP contribution in [0.25, 0.3) is 87.6 Å². The van der Waals surface area contributed by atoms with Crippen molar-refractivity contribution in [2.75, 3.05) is 0 Å². The summed E-state index contributed by atoms with van der Waals surface area (Å²) in [6, 6.07) is -27.1. The van der Waals surface area contributed by atoms with Gasteiger partial charge in [-0.25, -0.2) is 0 Å². The van der Waals surface area contributed by atoms with Crippen molar-refractivity contribution >= 4 is 43.1 Å². The molecule has 0 amide bonds. The molecule has 0 atom stereocenters. The normalized spacial score (nSPS) is 20.3. The van der Waals surface area contributed by atoms with Gasteiger partial charge in [-0.15, -0.1) is 0 Å². The molecule has 9 aromatic carbocycles. The van der Waals surface area contributed by atoms with Gasteiger partial charge in [0.1, 0.15) is 0 Å². The van der Waals surface area contributed by atoms with Crippen LogP contribution < -0.4 is 0 Å². The molecule has 0 saturated carbocycles. The molecule has 0 aromatic heterocycles. The first-order chi connectivity index (χ1) is 34.9. The van der Waals surface area contributed by atoms with Gasteiger partial charge in [0.25, 0.3) is 0 Å². The van der Waals surface area contributed by atoms with Gasteiger partial charge in [0.2, 0.25) is 0 Å². The lowest BCUT2D eigenvalue weighted by Crippen LogP contribution is -1.93. The van der Waals surface area contributed by atoms with Crippen LogP contribution in [-0.4, -0.2) is 0 Å². The molecule has 0 radical (unpaired) electrons. The lowest BCUT2D eigenvalue weighted by Gasteiger charge is -2.20. The van der Waals surface area contributed by atoms with Crippen molar-refractivity contribution in [1.82, 2.24) is 0 Å². The highest BCUT2D eigenvalue weighted by atomic mass is 14.2. The highest BCUT2D eigenvalue weighted by Crippen LogP contribution is 2.47. The van der Waals surface area contributed by atoms with E-state index in [4.69, 9.17) is 24.7 Å². The number of hydrogen-bond donors (Lipinski definition) is 0. The summed E-state index contributed by atoms with van der Waals surface area (Å²) < 4.78 is 261. The van der Waals surface area contributed by atoms with E-state index in [2.05, 4.69) is 0 Å². The summed E-state index contributed by atoms with van der Waals surface area (Å²) in [5.74, 6) is 0. The summed E-state index contributed by atoms with van der Waals surface area (Å²) in [7, 11) is 0. The average molecular weight is 612 g/mol. The van der Waals surface area contributed by atoms with Crippen LogP contribution in [0.15, 0.2) is 181 Å². The Kier molecular flexibility index (Phi) is 2.43. The van der Waals surface area contributed by atoms with Crippen molar-refractivity contribution in [1.29, 1.82) is 0 Å². The summed E-state index contributed by atoms with van der Waals surface area (Å²) in [5.41, 5.74) is -6.02. The molecule has 0 aliphatic carbocycles. The molecule has 0 aliphatic heterocycles. The fourth-order valence-electron chi connectivity index (χ4n) is 5.47. The van der Waals surface area contributed by atoms with Crippen molar-refractivity contribution in [3.05, 3.63) is 181 Å². The maximum absolute atomic E-state index is 9.58. The fraction of sp³-hybridized carbons (Fsp3) is 0. The largest absolute Gasteiger partial charge is 0.0636 e. The summed E-state index contributed by atoms with van der Waals surface area (Å²) in [6.45, 7) is 0. The Labute approximate surface area is 309 Å². The highest BCUT2D eigenvalue weighted by molar-refractivity contribution is 6.24. The summed E-state index contributed by atoms with van der Waals surface area (Å²) in [6.07, 6.45) is 0. The predicted molar refractivity (Wildman–Crippen MR) is 198 cm³/mol. The molecule has 9 rings (SSSR count). The summed E-state index contributed by atoms with van der Waals surface area (Å²) in [4.78, 5) is 0. The second kappa shape index (κ2) is 10.9. The first kappa shape index (κ1) is 10.3. The monoisotopic (exact) mass is 611 g/mol. The second-order valence-corrected chi connectivity index (χ2v) is 9.83. The van der Waals surface area contributed by atoms with E-state index in [1.807, 2.05) is 0 Å². The molecule has 46 heavy (non-hydrogen) atoms. The number of fused-ring (bicyclic) bond motifs is 4. The molecule has 0 nitrogen and oxygen atoms in total. The van der Waals surface area contributed by atoms with E-state index in [-0.39, 0.29) is 0 Å². The molecular weight excluding hydrogens is 553 g/mol. The van der Waals surface area contributed by atoms with Crippen LogP contribution in [0.1, 0.15) is 39.8 Å². The molecule has 0 N–H and O–H groups in total. The molecule has 214 valence electrons. The third kappa shape index (κ3) is 4.23. The van der Waals surface area contributed by atoms with Crippen LogP contribution >= 0.6 is 0 Å². The first-order valence-corrected chi connectivity index (χ1v) is 13.6. The SMILES string of the molecule is [2H]c1cc(-c2c([2H])c([2H])c([2H])c([2H])c2[2H])c(-c2c3c([2H])c([2H])c([2H])c([2H])c3c(-c3c([2H])c([2H])c([2H])c4c(-c5c([2H])c([2H])c6c([2H])c([2H])c([2H])c([2H])c6c5[2H])c([2H])c([2H])c([2H])c34)c3c([2H])c([2H])c([2H])c([2H])c23)c([2H])c1[2H]. The minimum Gasteiger partial charge on any atom is -0.0622 e. The minimum absolute atomic E-state index is 0.582. The number of hydrogen-bond acceptors (Lipinski definition) is 0. The van der Waals surface area contributed by atoms with Crippen LogP contribution in [0.3, 0.4) is 0 Å². The van der Waals surface area contributed by atoms with Gasteiger partial charge in [0, 0.05) is 0 Å². The zero-order chi connectivity index (χ0) is 55.7. The Balaban J connectivity index is 1.65. The predicted octanol–water partition coefficient (Wildman–Crippen LogP) is 13.0.